The van der Waals surface area contributed by atoms with Crippen LogP contribution in [0.5, 0.6) is 0 Å². The van der Waals surface area contributed by atoms with Crippen molar-refractivity contribution >= 4 is 39.1 Å². The lowest BCUT2D eigenvalue weighted by molar-refractivity contribution is -0.126. The molecule has 2 heterocycles. The second kappa shape index (κ2) is 5.44. The first-order chi connectivity index (χ1) is 10.1. The van der Waals surface area contributed by atoms with Gasteiger partial charge in [-0.3, -0.25) is 9.59 Å². The van der Waals surface area contributed by atoms with E-state index in [1.54, 1.807) is 16.2 Å². The smallest absolute Gasteiger partial charge is 0.227 e. The van der Waals surface area contributed by atoms with E-state index in [4.69, 9.17) is 0 Å². The Morgan fingerprint density at radius 3 is 3.10 bits per heavy atom. The number of thiazole rings is 1. The number of aryl methyl sites for hydroxylation is 1. The number of fused-ring (bicyclic) bond motifs is 1. The molecule has 0 radical (unpaired) electrons. The van der Waals surface area contributed by atoms with Crippen molar-refractivity contribution in [3.63, 3.8) is 0 Å². The van der Waals surface area contributed by atoms with Crippen molar-refractivity contribution in [2.24, 2.45) is 5.92 Å². The Labute approximate surface area is 127 Å². The molecule has 1 aromatic heterocycles. The maximum Gasteiger partial charge on any atom is 0.227 e. The highest BCUT2D eigenvalue weighted by Gasteiger charge is 2.34. The monoisotopic (exact) mass is 303 g/mol. The predicted octanol–water partition coefficient (Wildman–Crippen LogP) is 2.09. The fourth-order valence-corrected chi connectivity index (χ4v) is 3.46. The van der Waals surface area contributed by atoms with E-state index >= 15 is 0 Å². The van der Waals surface area contributed by atoms with Gasteiger partial charge in [0.2, 0.25) is 11.8 Å². The molecule has 1 aromatic carbocycles. The van der Waals surface area contributed by atoms with Gasteiger partial charge in [-0.25, -0.2) is 4.98 Å². The van der Waals surface area contributed by atoms with Gasteiger partial charge < -0.3 is 10.2 Å². The molecule has 1 unspecified atom stereocenters. The summed E-state index contributed by atoms with van der Waals surface area (Å²) in [5.41, 5.74) is 1.73. The first-order valence-electron chi connectivity index (χ1n) is 7.03. The minimum absolute atomic E-state index is 0.00226. The van der Waals surface area contributed by atoms with E-state index in [1.807, 2.05) is 32.0 Å². The van der Waals surface area contributed by atoms with Crippen molar-refractivity contribution in [1.82, 2.24) is 10.3 Å². The van der Waals surface area contributed by atoms with Crippen LogP contribution in [-0.4, -0.2) is 29.9 Å². The van der Waals surface area contributed by atoms with Crippen molar-refractivity contribution in [3.8, 4) is 0 Å². The molecular weight excluding hydrogens is 286 g/mol. The summed E-state index contributed by atoms with van der Waals surface area (Å²) in [7, 11) is 0. The van der Waals surface area contributed by atoms with Gasteiger partial charge in [-0.1, -0.05) is 0 Å². The summed E-state index contributed by atoms with van der Waals surface area (Å²) < 4.78 is 1.11. The number of nitrogens with one attached hydrogen (secondary N) is 1. The molecule has 1 saturated heterocycles. The summed E-state index contributed by atoms with van der Waals surface area (Å²) in [6.07, 6.45) is 0.278. The fourth-order valence-electron chi connectivity index (χ4n) is 2.65. The van der Waals surface area contributed by atoms with Crippen molar-refractivity contribution < 1.29 is 9.59 Å². The molecule has 2 amide bonds. The average Bonchev–Trinajstić information content (AvgIpc) is 3.00. The van der Waals surface area contributed by atoms with Crippen LogP contribution in [0, 0.1) is 12.8 Å². The molecule has 6 heteroatoms. The Morgan fingerprint density at radius 2 is 2.33 bits per heavy atom. The van der Waals surface area contributed by atoms with Crippen LogP contribution in [0.1, 0.15) is 18.4 Å². The molecule has 1 atom stereocenters. The van der Waals surface area contributed by atoms with Crippen LogP contribution in [0.25, 0.3) is 10.2 Å². The summed E-state index contributed by atoms with van der Waals surface area (Å²) in [4.78, 5) is 30.2. The van der Waals surface area contributed by atoms with E-state index in [0.29, 0.717) is 13.1 Å². The van der Waals surface area contributed by atoms with Crippen molar-refractivity contribution in [2.45, 2.75) is 20.3 Å². The van der Waals surface area contributed by atoms with E-state index in [-0.39, 0.29) is 24.2 Å². The topological polar surface area (TPSA) is 62.3 Å². The predicted molar refractivity (Wildman–Crippen MR) is 83.5 cm³/mol. The van der Waals surface area contributed by atoms with Crippen LogP contribution in [0.3, 0.4) is 0 Å². The molecular formula is C15H17N3O2S. The minimum Gasteiger partial charge on any atom is -0.356 e. The highest BCUT2D eigenvalue weighted by molar-refractivity contribution is 7.18. The normalized spacial score (nSPS) is 18.5. The summed E-state index contributed by atoms with van der Waals surface area (Å²) in [5, 5.41) is 3.79. The highest BCUT2D eigenvalue weighted by Crippen LogP contribution is 2.30. The van der Waals surface area contributed by atoms with Gasteiger partial charge >= 0.3 is 0 Å². The molecule has 2 aromatic rings. The van der Waals surface area contributed by atoms with Crippen LogP contribution in [0.15, 0.2) is 18.2 Å². The zero-order chi connectivity index (χ0) is 15.0. The Bertz CT molecular complexity index is 710. The highest BCUT2D eigenvalue weighted by atomic mass is 32.1. The number of anilines is 1. The molecule has 1 aliphatic rings. The van der Waals surface area contributed by atoms with Crippen molar-refractivity contribution in [2.75, 3.05) is 18.0 Å². The van der Waals surface area contributed by atoms with Crippen LogP contribution in [-0.2, 0) is 9.59 Å². The quantitative estimate of drug-likeness (QED) is 0.944. The number of carbonyl (C=O) groups is 2. The lowest BCUT2D eigenvalue weighted by Crippen LogP contribution is -2.32. The first kappa shape index (κ1) is 14.0. The number of carbonyl (C=O) groups excluding carboxylic acids is 2. The van der Waals surface area contributed by atoms with Gasteiger partial charge in [-0.15, -0.1) is 11.3 Å². The van der Waals surface area contributed by atoms with E-state index in [0.717, 1.165) is 20.9 Å². The summed E-state index contributed by atoms with van der Waals surface area (Å²) >= 11 is 1.64. The van der Waals surface area contributed by atoms with Gasteiger partial charge in [0.15, 0.2) is 0 Å². The third-order valence-corrected chi connectivity index (χ3v) is 4.59. The van der Waals surface area contributed by atoms with Crippen LogP contribution >= 0.6 is 11.3 Å². The van der Waals surface area contributed by atoms with Gasteiger partial charge in [0.1, 0.15) is 0 Å². The third-order valence-electron chi connectivity index (χ3n) is 3.64. The first-order valence-corrected chi connectivity index (χ1v) is 7.85. The second-order valence-corrected chi connectivity index (χ2v) is 6.42. The minimum atomic E-state index is -0.259. The average molecular weight is 303 g/mol. The number of amides is 2. The summed E-state index contributed by atoms with van der Waals surface area (Å²) in [6, 6.07) is 5.84. The van der Waals surface area contributed by atoms with Gasteiger partial charge in [0.25, 0.3) is 0 Å². The molecule has 110 valence electrons. The zero-order valence-corrected chi connectivity index (χ0v) is 12.9. The lowest BCUT2D eigenvalue weighted by atomic mass is 10.1. The molecule has 0 aliphatic carbocycles. The van der Waals surface area contributed by atoms with Crippen molar-refractivity contribution in [3.05, 3.63) is 23.2 Å². The second-order valence-electron chi connectivity index (χ2n) is 5.18. The number of hydrogen-bond acceptors (Lipinski definition) is 4. The number of hydrogen-bond donors (Lipinski definition) is 1. The Morgan fingerprint density at radius 1 is 1.52 bits per heavy atom. The number of nitrogens with zero attached hydrogens (tertiary/aromatic N) is 2. The number of rotatable bonds is 3. The fraction of sp³-hybridized carbons (Fsp3) is 0.400. The molecule has 21 heavy (non-hydrogen) atoms. The van der Waals surface area contributed by atoms with Gasteiger partial charge in [0, 0.05) is 25.2 Å². The Hall–Kier alpha value is -1.95. The SMILES string of the molecule is CCNC(=O)C1CC(=O)N(c2ccc3sc(C)nc3c2)C1. The molecule has 0 spiro atoms. The molecule has 0 saturated carbocycles. The maximum absolute atomic E-state index is 12.2. The third kappa shape index (κ3) is 2.63. The van der Waals surface area contributed by atoms with E-state index in [2.05, 4.69) is 10.3 Å². The Kier molecular flexibility index (Phi) is 3.63. The number of aromatic nitrogens is 1. The molecule has 1 aliphatic heterocycles. The molecule has 0 bridgehead atoms. The van der Waals surface area contributed by atoms with E-state index in [1.165, 1.54) is 0 Å². The number of benzene rings is 1. The zero-order valence-electron chi connectivity index (χ0n) is 12.0. The van der Waals surface area contributed by atoms with E-state index < -0.39 is 0 Å². The van der Waals surface area contributed by atoms with Crippen LogP contribution < -0.4 is 10.2 Å². The van der Waals surface area contributed by atoms with Gasteiger partial charge in [-0.05, 0) is 32.0 Å². The van der Waals surface area contributed by atoms with Gasteiger partial charge in [-0.2, -0.15) is 0 Å². The summed E-state index contributed by atoms with van der Waals surface area (Å²) in [5.74, 6) is -0.304. The molecule has 5 nitrogen and oxygen atoms in total. The molecule has 1 fully saturated rings. The molecule has 3 rings (SSSR count). The molecule has 1 N–H and O–H groups in total. The lowest BCUT2D eigenvalue weighted by Gasteiger charge is -2.16. The summed E-state index contributed by atoms with van der Waals surface area (Å²) in [6.45, 7) is 4.88. The van der Waals surface area contributed by atoms with Gasteiger partial charge in [0.05, 0.1) is 21.1 Å². The van der Waals surface area contributed by atoms with E-state index in [9.17, 15) is 9.59 Å². The maximum atomic E-state index is 12.2. The van der Waals surface area contributed by atoms with Crippen LogP contribution in [0.4, 0.5) is 5.69 Å². The Balaban J connectivity index is 1.85. The van der Waals surface area contributed by atoms with Crippen molar-refractivity contribution in [1.29, 1.82) is 0 Å². The standard InChI is InChI=1S/C15H17N3O2S/c1-3-16-15(20)10-6-14(19)18(8-10)11-4-5-13-12(7-11)17-9(2)21-13/h4-5,7,10H,3,6,8H2,1-2H3,(H,16,20). The van der Waals surface area contributed by atoms with Crippen LogP contribution in [0.2, 0.25) is 0 Å². The largest absolute Gasteiger partial charge is 0.356 e.